The van der Waals surface area contributed by atoms with E-state index in [0.29, 0.717) is 0 Å². The van der Waals surface area contributed by atoms with Crippen molar-refractivity contribution >= 4 is 5.69 Å². The zero-order valence-corrected chi connectivity index (χ0v) is 11.8. The van der Waals surface area contributed by atoms with Crippen LogP contribution in [0.15, 0.2) is 36.8 Å². The predicted molar refractivity (Wildman–Crippen MR) is 77.0 cm³/mol. The first-order valence-corrected chi connectivity index (χ1v) is 5.98. The van der Waals surface area contributed by atoms with E-state index in [4.69, 9.17) is 0 Å². The van der Waals surface area contributed by atoms with Gasteiger partial charge in [-0.1, -0.05) is 6.07 Å². The van der Waals surface area contributed by atoms with Crippen molar-refractivity contribution in [2.45, 2.75) is 20.8 Å². The Morgan fingerprint density at radius 3 is 2.00 bits per heavy atom. The topological polar surface area (TPSA) is 29.0 Å². The lowest BCUT2D eigenvalue weighted by Crippen LogP contribution is -2.07. The summed E-state index contributed by atoms with van der Waals surface area (Å²) in [5.41, 5.74) is 4.82. The number of aromatic nitrogens is 2. The van der Waals surface area contributed by atoms with E-state index in [0.717, 1.165) is 5.69 Å². The molecule has 0 saturated carbocycles. The normalized spacial score (nSPS) is 9.39. The maximum atomic E-state index is 4.18. The Balaban J connectivity index is 0.000000180. The minimum Gasteiger partial charge on any atom is -0.378 e. The van der Waals surface area contributed by atoms with Gasteiger partial charge in [-0.05, 0) is 44.0 Å². The highest BCUT2D eigenvalue weighted by Crippen LogP contribution is 2.05. The van der Waals surface area contributed by atoms with Gasteiger partial charge in [-0.25, -0.2) is 0 Å². The maximum absolute atomic E-state index is 4.18. The summed E-state index contributed by atoms with van der Waals surface area (Å²) in [6.45, 7) is 6.16. The number of anilines is 1. The van der Waals surface area contributed by atoms with Crippen LogP contribution in [0, 0.1) is 20.8 Å². The van der Waals surface area contributed by atoms with Crippen molar-refractivity contribution in [1.29, 1.82) is 0 Å². The van der Waals surface area contributed by atoms with E-state index in [1.54, 1.807) is 12.4 Å². The van der Waals surface area contributed by atoms with Gasteiger partial charge in [-0.3, -0.25) is 9.97 Å². The molecule has 0 aliphatic carbocycles. The lowest BCUT2D eigenvalue weighted by Gasteiger charge is -2.10. The van der Waals surface area contributed by atoms with Gasteiger partial charge in [-0.15, -0.1) is 0 Å². The molecule has 0 aliphatic rings. The first kappa shape index (κ1) is 14.2. The molecule has 0 N–H and O–H groups in total. The fraction of sp³-hybridized carbons (Fsp3) is 0.333. The van der Waals surface area contributed by atoms with Crippen molar-refractivity contribution in [2.75, 3.05) is 19.0 Å². The quantitative estimate of drug-likeness (QED) is 0.770. The van der Waals surface area contributed by atoms with Crippen molar-refractivity contribution in [3.8, 4) is 0 Å². The summed E-state index contributed by atoms with van der Waals surface area (Å²) >= 11 is 0. The maximum Gasteiger partial charge on any atom is 0.0401 e. The second kappa shape index (κ2) is 6.74. The summed E-state index contributed by atoms with van der Waals surface area (Å²) in [6, 6.07) is 6.09. The molecule has 0 fully saturated rings. The van der Waals surface area contributed by atoms with Crippen LogP contribution in [0.2, 0.25) is 0 Å². The molecule has 3 nitrogen and oxygen atoms in total. The minimum atomic E-state index is 1.13. The van der Waals surface area contributed by atoms with E-state index >= 15 is 0 Å². The lowest BCUT2D eigenvalue weighted by molar-refractivity contribution is 1.12. The molecule has 0 bridgehead atoms. The average Bonchev–Trinajstić information content (AvgIpc) is 2.36. The highest BCUT2D eigenvalue weighted by atomic mass is 15.1. The molecule has 0 radical (unpaired) electrons. The van der Waals surface area contributed by atoms with E-state index < -0.39 is 0 Å². The van der Waals surface area contributed by atoms with Gasteiger partial charge in [0.2, 0.25) is 0 Å². The third kappa shape index (κ3) is 4.53. The molecule has 2 aromatic heterocycles. The van der Waals surface area contributed by atoms with Crippen molar-refractivity contribution in [1.82, 2.24) is 9.97 Å². The third-order valence-electron chi connectivity index (χ3n) is 2.66. The van der Waals surface area contributed by atoms with Gasteiger partial charge < -0.3 is 4.90 Å². The van der Waals surface area contributed by atoms with Gasteiger partial charge in [0.25, 0.3) is 0 Å². The molecular formula is C15H21N3. The number of aryl methyl sites for hydroxylation is 3. The summed E-state index contributed by atoms with van der Waals surface area (Å²) in [5, 5.41) is 0. The number of pyridine rings is 2. The van der Waals surface area contributed by atoms with Gasteiger partial charge in [0, 0.05) is 44.1 Å². The second-order valence-electron chi connectivity index (χ2n) is 4.51. The Morgan fingerprint density at radius 1 is 1.00 bits per heavy atom. The van der Waals surface area contributed by atoms with Crippen LogP contribution in [0.1, 0.15) is 16.8 Å². The molecule has 0 unspecified atom stereocenters. The van der Waals surface area contributed by atoms with Gasteiger partial charge >= 0.3 is 0 Å². The van der Waals surface area contributed by atoms with Gasteiger partial charge in [0.15, 0.2) is 0 Å². The molecule has 2 aromatic rings. The lowest BCUT2D eigenvalue weighted by atomic mass is 10.2. The van der Waals surface area contributed by atoms with Crippen LogP contribution in [0.3, 0.4) is 0 Å². The van der Waals surface area contributed by atoms with Crippen LogP contribution >= 0.6 is 0 Å². The first-order valence-electron chi connectivity index (χ1n) is 5.98. The van der Waals surface area contributed by atoms with Crippen LogP contribution in [0.4, 0.5) is 5.69 Å². The summed E-state index contributed by atoms with van der Waals surface area (Å²) in [5.74, 6) is 0. The molecule has 0 amide bonds. The highest BCUT2D eigenvalue weighted by molar-refractivity contribution is 5.42. The Hall–Kier alpha value is -1.90. The number of hydrogen-bond acceptors (Lipinski definition) is 3. The minimum absolute atomic E-state index is 1.13. The van der Waals surface area contributed by atoms with E-state index in [9.17, 15) is 0 Å². The Bertz CT molecular complexity index is 478. The van der Waals surface area contributed by atoms with Crippen molar-refractivity contribution < 1.29 is 0 Å². The van der Waals surface area contributed by atoms with Crippen molar-refractivity contribution in [3.63, 3.8) is 0 Å². The molecule has 2 rings (SSSR count). The zero-order valence-electron chi connectivity index (χ0n) is 11.8. The number of rotatable bonds is 1. The van der Waals surface area contributed by atoms with Crippen LogP contribution in [-0.4, -0.2) is 24.1 Å². The van der Waals surface area contributed by atoms with Crippen molar-refractivity contribution in [3.05, 3.63) is 53.6 Å². The average molecular weight is 243 g/mol. The molecule has 0 spiro atoms. The van der Waals surface area contributed by atoms with Gasteiger partial charge in [0.1, 0.15) is 0 Å². The monoisotopic (exact) mass is 243 g/mol. The fourth-order valence-corrected chi connectivity index (χ4v) is 1.43. The molecule has 0 atom stereocenters. The van der Waals surface area contributed by atoms with Crippen LogP contribution in [0.5, 0.6) is 0 Å². The molecule has 96 valence electrons. The van der Waals surface area contributed by atoms with E-state index in [1.165, 1.54) is 16.8 Å². The first-order chi connectivity index (χ1) is 8.50. The Morgan fingerprint density at radius 2 is 1.61 bits per heavy atom. The molecule has 0 aromatic carbocycles. The molecule has 2 heterocycles. The van der Waals surface area contributed by atoms with Gasteiger partial charge in [-0.2, -0.15) is 0 Å². The van der Waals surface area contributed by atoms with E-state index in [1.807, 2.05) is 44.2 Å². The Kier molecular flexibility index (Phi) is 5.31. The Labute approximate surface area is 110 Å². The highest BCUT2D eigenvalue weighted by Gasteiger charge is 1.90. The molecule has 18 heavy (non-hydrogen) atoms. The number of hydrogen-bond donors (Lipinski definition) is 0. The van der Waals surface area contributed by atoms with E-state index in [-0.39, 0.29) is 0 Å². The summed E-state index contributed by atoms with van der Waals surface area (Å²) in [7, 11) is 4.02. The SMILES string of the molecule is CN(C)c1ccncc1.Cc1cnc(C)c(C)c1. The standard InChI is InChI=1S/C8H11N.C7H10N2/c1-6-4-7(2)8(3)9-5-6;1-9(2)7-3-5-8-6-4-7/h4-5H,1-3H3;3-6H,1-2H3. The number of nitrogens with zero attached hydrogens (tertiary/aromatic N) is 3. The fourth-order valence-electron chi connectivity index (χ4n) is 1.43. The van der Waals surface area contributed by atoms with Crippen LogP contribution in [-0.2, 0) is 0 Å². The van der Waals surface area contributed by atoms with E-state index in [2.05, 4.69) is 29.9 Å². The molecule has 0 aliphatic heterocycles. The summed E-state index contributed by atoms with van der Waals surface area (Å²) in [6.07, 6.45) is 5.47. The molecular weight excluding hydrogens is 222 g/mol. The smallest absolute Gasteiger partial charge is 0.0401 e. The van der Waals surface area contributed by atoms with Crippen LogP contribution in [0.25, 0.3) is 0 Å². The summed E-state index contributed by atoms with van der Waals surface area (Å²) in [4.78, 5) is 10.1. The molecule has 3 heteroatoms. The zero-order chi connectivity index (χ0) is 13.5. The predicted octanol–water partition coefficient (Wildman–Crippen LogP) is 3.15. The van der Waals surface area contributed by atoms with Gasteiger partial charge in [0.05, 0.1) is 0 Å². The second-order valence-corrected chi connectivity index (χ2v) is 4.51. The van der Waals surface area contributed by atoms with Crippen LogP contribution < -0.4 is 4.90 Å². The third-order valence-corrected chi connectivity index (χ3v) is 2.66. The molecule has 0 saturated heterocycles. The van der Waals surface area contributed by atoms with Crippen molar-refractivity contribution in [2.24, 2.45) is 0 Å². The summed E-state index contributed by atoms with van der Waals surface area (Å²) < 4.78 is 0. The largest absolute Gasteiger partial charge is 0.378 e.